The Morgan fingerprint density at radius 1 is 1.29 bits per heavy atom. The van der Waals surface area contributed by atoms with Crippen molar-refractivity contribution >= 4 is 5.91 Å². The lowest BCUT2D eigenvalue weighted by Crippen LogP contribution is -2.32. The van der Waals surface area contributed by atoms with Gasteiger partial charge in [-0.05, 0) is 36.6 Å². The number of nitrogens with zero attached hydrogens (tertiary/aromatic N) is 2. The van der Waals surface area contributed by atoms with E-state index in [4.69, 9.17) is 14.0 Å². The van der Waals surface area contributed by atoms with E-state index < -0.39 is 0 Å². The molecule has 144 valence electrons. The van der Waals surface area contributed by atoms with Crippen molar-refractivity contribution in [3.63, 3.8) is 0 Å². The molecule has 0 fully saturated rings. The molecular weight excluding hydrogens is 358 g/mol. The molecular formula is C21H21N3O4. The van der Waals surface area contributed by atoms with Crippen LogP contribution in [-0.2, 0) is 17.8 Å². The number of pyridine rings is 1. The van der Waals surface area contributed by atoms with E-state index in [0.29, 0.717) is 24.7 Å². The minimum absolute atomic E-state index is 0.155. The Bertz CT molecular complexity index is 952. The summed E-state index contributed by atoms with van der Waals surface area (Å²) in [5.74, 6) is 0.782. The highest BCUT2D eigenvalue weighted by atomic mass is 16.5. The molecule has 3 aromatic rings. The smallest absolute Gasteiger partial charge is 0.273 e. The van der Waals surface area contributed by atoms with Crippen LogP contribution in [0.2, 0.25) is 0 Å². The molecule has 7 heteroatoms. The largest absolute Gasteiger partial charge is 0.484 e. The number of fused-ring (bicyclic) bond motifs is 1. The summed E-state index contributed by atoms with van der Waals surface area (Å²) in [4.78, 5) is 16.5. The fraction of sp³-hybridized carbons (Fsp3) is 0.286. The lowest BCUT2D eigenvalue weighted by Gasteiger charge is -2.26. The van der Waals surface area contributed by atoms with Gasteiger partial charge in [0.25, 0.3) is 5.91 Å². The molecule has 3 heterocycles. The topological polar surface area (TPSA) is 86.5 Å². The monoisotopic (exact) mass is 379 g/mol. The molecule has 2 aromatic heterocycles. The number of carbonyl (C=O) groups excluding carboxylic acids is 1. The SMILES string of the molecule is Cc1ccc(OCc2cc(C(=O)NC[C@H]3OCCc4ccccc43)no2)cn1. The Morgan fingerprint density at radius 3 is 3.04 bits per heavy atom. The summed E-state index contributed by atoms with van der Waals surface area (Å²) in [6, 6.07) is 13.4. The Labute approximate surface area is 162 Å². The Balaban J connectivity index is 1.32. The Hall–Kier alpha value is -3.19. The summed E-state index contributed by atoms with van der Waals surface area (Å²) in [6.07, 6.45) is 2.38. The van der Waals surface area contributed by atoms with Crippen molar-refractivity contribution in [3.05, 3.63) is 76.9 Å². The summed E-state index contributed by atoms with van der Waals surface area (Å²) in [5, 5.41) is 6.69. The quantitative estimate of drug-likeness (QED) is 0.709. The third kappa shape index (κ3) is 4.20. The normalized spacial score (nSPS) is 15.7. The third-order valence-electron chi connectivity index (χ3n) is 4.60. The van der Waals surface area contributed by atoms with Gasteiger partial charge in [-0.3, -0.25) is 9.78 Å². The van der Waals surface area contributed by atoms with Crippen LogP contribution < -0.4 is 10.1 Å². The van der Waals surface area contributed by atoms with Gasteiger partial charge in [0.2, 0.25) is 0 Å². The maximum atomic E-state index is 12.4. The van der Waals surface area contributed by atoms with Gasteiger partial charge in [-0.2, -0.15) is 0 Å². The number of hydrogen-bond acceptors (Lipinski definition) is 6. The van der Waals surface area contributed by atoms with E-state index in [2.05, 4.69) is 21.5 Å². The Kier molecular flexibility index (Phi) is 5.34. The van der Waals surface area contributed by atoms with E-state index in [1.54, 1.807) is 12.3 Å². The second-order valence-corrected chi connectivity index (χ2v) is 6.62. The molecule has 1 aliphatic rings. The number of ether oxygens (including phenoxy) is 2. The first-order valence-corrected chi connectivity index (χ1v) is 9.18. The second kappa shape index (κ2) is 8.22. The van der Waals surface area contributed by atoms with Gasteiger partial charge in [0, 0.05) is 18.3 Å². The summed E-state index contributed by atoms with van der Waals surface area (Å²) in [5.41, 5.74) is 3.51. The fourth-order valence-electron chi connectivity index (χ4n) is 3.10. The highest BCUT2D eigenvalue weighted by molar-refractivity contribution is 5.92. The molecule has 4 rings (SSSR count). The molecule has 0 spiro atoms. The number of aryl methyl sites for hydroxylation is 1. The van der Waals surface area contributed by atoms with Gasteiger partial charge >= 0.3 is 0 Å². The number of benzene rings is 1. The maximum Gasteiger partial charge on any atom is 0.273 e. The van der Waals surface area contributed by atoms with Crippen LogP contribution in [0.15, 0.2) is 53.2 Å². The predicted octanol–water partition coefficient (Wildman–Crippen LogP) is 3.00. The van der Waals surface area contributed by atoms with Gasteiger partial charge in [0.05, 0.1) is 12.8 Å². The average Bonchev–Trinajstić information content (AvgIpc) is 3.21. The van der Waals surface area contributed by atoms with Crippen LogP contribution in [0.5, 0.6) is 5.75 Å². The van der Waals surface area contributed by atoms with Crippen molar-refractivity contribution in [2.75, 3.05) is 13.2 Å². The molecule has 1 amide bonds. The van der Waals surface area contributed by atoms with Crippen molar-refractivity contribution in [1.29, 1.82) is 0 Å². The molecule has 0 aliphatic carbocycles. The molecule has 0 radical (unpaired) electrons. The summed E-state index contributed by atoms with van der Waals surface area (Å²) in [6.45, 7) is 3.10. The van der Waals surface area contributed by atoms with Crippen LogP contribution in [0.4, 0.5) is 0 Å². The molecule has 1 aromatic carbocycles. The molecule has 1 N–H and O–H groups in total. The summed E-state index contributed by atoms with van der Waals surface area (Å²) in [7, 11) is 0. The molecule has 7 nitrogen and oxygen atoms in total. The first kappa shape index (κ1) is 18.2. The Morgan fingerprint density at radius 2 is 2.18 bits per heavy atom. The van der Waals surface area contributed by atoms with Crippen LogP contribution in [0.1, 0.15) is 39.2 Å². The summed E-state index contributed by atoms with van der Waals surface area (Å²) >= 11 is 0. The van der Waals surface area contributed by atoms with Gasteiger partial charge in [0.15, 0.2) is 11.5 Å². The second-order valence-electron chi connectivity index (χ2n) is 6.62. The molecule has 1 atom stereocenters. The van der Waals surface area contributed by atoms with Gasteiger partial charge < -0.3 is 19.3 Å². The van der Waals surface area contributed by atoms with Crippen molar-refractivity contribution in [1.82, 2.24) is 15.5 Å². The van der Waals surface area contributed by atoms with E-state index >= 15 is 0 Å². The van der Waals surface area contributed by atoms with E-state index in [1.165, 1.54) is 5.56 Å². The van der Waals surface area contributed by atoms with Crippen LogP contribution >= 0.6 is 0 Å². The van der Waals surface area contributed by atoms with E-state index in [0.717, 1.165) is 17.7 Å². The first-order chi connectivity index (χ1) is 13.7. The van der Waals surface area contributed by atoms with Crippen LogP contribution in [-0.4, -0.2) is 29.2 Å². The van der Waals surface area contributed by atoms with E-state index in [9.17, 15) is 4.79 Å². The predicted molar refractivity (Wildman–Crippen MR) is 101 cm³/mol. The molecule has 0 saturated carbocycles. The van der Waals surface area contributed by atoms with Gasteiger partial charge in [-0.15, -0.1) is 0 Å². The van der Waals surface area contributed by atoms with Gasteiger partial charge in [-0.1, -0.05) is 29.4 Å². The highest BCUT2D eigenvalue weighted by Gasteiger charge is 2.22. The molecule has 0 unspecified atom stereocenters. The molecule has 1 aliphatic heterocycles. The first-order valence-electron chi connectivity index (χ1n) is 9.18. The van der Waals surface area contributed by atoms with Gasteiger partial charge in [0.1, 0.15) is 18.5 Å². The highest BCUT2D eigenvalue weighted by Crippen LogP contribution is 2.26. The number of rotatable bonds is 6. The number of amides is 1. The zero-order chi connectivity index (χ0) is 19.3. The lowest BCUT2D eigenvalue weighted by molar-refractivity contribution is 0.0410. The number of nitrogens with one attached hydrogen (secondary N) is 1. The lowest BCUT2D eigenvalue weighted by atomic mass is 9.97. The minimum Gasteiger partial charge on any atom is -0.484 e. The maximum absolute atomic E-state index is 12.4. The minimum atomic E-state index is -0.307. The average molecular weight is 379 g/mol. The number of aromatic nitrogens is 2. The van der Waals surface area contributed by atoms with Crippen LogP contribution in [0.25, 0.3) is 0 Å². The number of hydrogen-bond donors (Lipinski definition) is 1. The standard InChI is InChI=1S/C21H21N3O4/c1-14-6-7-16(11-22-14)27-13-17-10-19(24-28-17)21(25)23-12-20-18-5-3-2-4-15(18)8-9-26-20/h2-7,10-11,20H,8-9,12-13H2,1H3,(H,23,25)/t20-/m1/s1. The zero-order valence-corrected chi connectivity index (χ0v) is 15.6. The van der Waals surface area contributed by atoms with Crippen LogP contribution in [0, 0.1) is 6.92 Å². The van der Waals surface area contributed by atoms with E-state index in [1.807, 2.05) is 37.3 Å². The third-order valence-corrected chi connectivity index (χ3v) is 4.60. The molecule has 0 bridgehead atoms. The van der Waals surface area contributed by atoms with Crippen molar-refractivity contribution in [3.8, 4) is 5.75 Å². The molecule has 28 heavy (non-hydrogen) atoms. The van der Waals surface area contributed by atoms with Crippen molar-refractivity contribution in [2.24, 2.45) is 0 Å². The fourth-order valence-corrected chi connectivity index (χ4v) is 3.10. The van der Waals surface area contributed by atoms with Crippen LogP contribution in [0.3, 0.4) is 0 Å². The summed E-state index contributed by atoms with van der Waals surface area (Å²) < 4.78 is 16.6. The molecule has 0 saturated heterocycles. The van der Waals surface area contributed by atoms with Crippen molar-refractivity contribution in [2.45, 2.75) is 26.1 Å². The van der Waals surface area contributed by atoms with Gasteiger partial charge in [-0.25, -0.2) is 0 Å². The number of carbonyl (C=O) groups is 1. The van der Waals surface area contributed by atoms with Crippen molar-refractivity contribution < 1.29 is 18.8 Å². The zero-order valence-electron chi connectivity index (χ0n) is 15.6. The van der Waals surface area contributed by atoms with E-state index in [-0.39, 0.29) is 24.3 Å².